The van der Waals surface area contributed by atoms with Crippen LogP contribution in [0.2, 0.25) is 0 Å². The molecule has 0 aromatic heterocycles. The molecule has 0 aromatic carbocycles. The highest BCUT2D eigenvalue weighted by Gasteiger charge is 2.93. The summed E-state index contributed by atoms with van der Waals surface area (Å²) in [5.74, 6) is 0. The average Bonchev–Trinajstić information content (AvgIpc) is 2.07. The molecule has 0 unspecified atom stereocenters. The SMILES string of the molecule is CC(C(F)(F)F)(C(F)(F)F)C(C(O)O)(C(F)(F)F)C(F)(F)F. The topological polar surface area (TPSA) is 40.5 Å². The second kappa shape index (κ2) is 5.04. The summed E-state index contributed by atoms with van der Waals surface area (Å²) in [5.41, 5.74) is -13.5. The summed E-state index contributed by atoms with van der Waals surface area (Å²) >= 11 is 0. The minimum atomic E-state index is -7.35. The molecule has 0 fully saturated rings. The second-order valence-electron chi connectivity index (χ2n) is 4.30. The first-order chi connectivity index (χ1) is 9.19. The number of hydrogen-bond donors (Lipinski definition) is 2. The van der Waals surface area contributed by atoms with E-state index in [4.69, 9.17) is 10.2 Å². The fourth-order valence-electron chi connectivity index (χ4n) is 1.89. The zero-order chi connectivity index (χ0) is 18.6. The van der Waals surface area contributed by atoms with E-state index >= 15 is 0 Å². The lowest BCUT2D eigenvalue weighted by Crippen LogP contribution is -2.74. The Bertz CT molecular complexity index is 369. The normalized spacial score (nSPS) is 16.4. The maximum absolute atomic E-state index is 12.6. The predicted octanol–water partition coefficient (Wildman–Crippen LogP) is 3.54. The van der Waals surface area contributed by atoms with E-state index in [1.165, 1.54) is 0 Å². The van der Waals surface area contributed by atoms with E-state index in [9.17, 15) is 52.7 Å². The fraction of sp³-hybridized carbons (Fsp3) is 1.00. The quantitative estimate of drug-likeness (QED) is 0.583. The molecule has 2 N–H and O–H groups in total. The van der Waals surface area contributed by atoms with E-state index in [2.05, 4.69) is 0 Å². The Balaban J connectivity index is 7.19. The first kappa shape index (κ1) is 21.1. The van der Waals surface area contributed by atoms with Gasteiger partial charge < -0.3 is 10.2 Å². The molecular formula is C8H6F12O2. The van der Waals surface area contributed by atoms with Gasteiger partial charge in [-0.2, -0.15) is 52.7 Å². The van der Waals surface area contributed by atoms with Crippen LogP contribution >= 0.6 is 0 Å². The van der Waals surface area contributed by atoms with Crippen molar-refractivity contribution in [1.82, 2.24) is 0 Å². The highest BCUT2D eigenvalue weighted by Crippen LogP contribution is 2.70. The van der Waals surface area contributed by atoms with E-state index < -0.39 is 48.7 Å². The van der Waals surface area contributed by atoms with Crippen molar-refractivity contribution in [1.29, 1.82) is 0 Å². The van der Waals surface area contributed by atoms with Crippen molar-refractivity contribution in [2.75, 3.05) is 0 Å². The summed E-state index contributed by atoms with van der Waals surface area (Å²) in [6, 6.07) is 0. The summed E-state index contributed by atoms with van der Waals surface area (Å²) < 4.78 is 151. The van der Waals surface area contributed by atoms with Gasteiger partial charge in [-0.3, -0.25) is 0 Å². The van der Waals surface area contributed by atoms with Crippen LogP contribution in [0.4, 0.5) is 52.7 Å². The van der Waals surface area contributed by atoms with E-state index in [0.717, 1.165) is 0 Å². The Morgan fingerprint density at radius 1 is 0.545 bits per heavy atom. The molecular weight excluding hydrogens is 356 g/mol. The molecule has 2 nitrogen and oxygen atoms in total. The largest absolute Gasteiger partial charge is 0.409 e. The van der Waals surface area contributed by atoms with Crippen molar-refractivity contribution in [3.63, 3.8) is 0 Å². The smallest absolute Gasteiger partial charge is 0.367 e. The molecule has 0 heterocycles. The minimum absolute atomic E-state index is 1.44. The first-order valence-electron chi connectivity index (χ1n) is 4.82. The molecule has 0 aliphatic rings. The third-order valence-corrected chi connectivity index (χ3v) is 3.20. The summed E-state index contributed by atoms with van der Waals surface area (Å²) in [6.07, 6.45) is -34.1. The zero-order valence-electron chi connectivity index (χ0n) is 10.0. The summed E-state index contributed by atoms with van der Waals surface area (Å²) in [7, 11) is 0. The summed E-state index contributed by atoms with van der Waals surface area (Å²) in [6.45, 7) is -1.44. The maximum atomic E-state index is 12.6. The van der Waals surface area contributed by atoms with Gasteiger partial charge in [0.25, 0.3) is 0 Å². The van der Waals surface area contributed by atoms with Crippen molar-refractivity contribution in [3.05, 3.63) is 0 Å². The molecule has 0 spiro atoms. The molecule has 0 saturated carbocycles. The highest BCUT2D eigenvalue weighted by molar-refractivity contribution is 5.12. The molecule has 0 rings (SSSR count). The molecule has 0 aliphatic heterocycles. The van der Waals surface area contributed by atoms with Gasteiger partial charge in [-0.25, -0.2) is 0 Å². The van der Waals surface area contributed by atoms with Gasteiger partial charge in [-0.1, -0.05) is 0 Å². The maximum Gasteiger partial charge on any atom is 0.409 e. The summed E-state index contributed by atoms with van der Waals surface area (Å²) in [5, 5.41) is 16.6. The Morgan fingerprint density at radius 2 is 0.773 bits per heavy atom. The Hall–Kier alpha value is -0.920. The molecule has 0 radical (unpaired) electrons. The lowest BCUT2D eigenvalue weighted by atomic mass is 9.61. The van der Waals surface area contributed by atoms with Gasteiger partial charge in [0, 0.05) is 0 Å². The summed E-state index contributed by atoms with van der Waals surface area (Å²) in [4.78, 5) is 0. The van der Waals surface area contributed by atoms with E-state index in [1.54, 1.807) is 0 Å². The van der Waals surface area contributed by atoms with Crippen LogP contribution in [-0.2, 0) is 0 Å². The number of aliphatic hydroxyl groups is 2. The van der Waals surface area contributed by atoms with Gasteiger partial charge in [-0.05, 0) is 6.92 Å². The molecule has 0 atom stereocenters. The van der Waals surface area contributed by atoms with E-state index in [0.29, 0.717) is 0 Å². The lowest BCUT2D eigenvalue weighted by molar-refractivity contribution is -0.498. The molecule has 0 amide bonds. The third-order valence-electron chi connectivity index (χ3n) is 3.20. The number of alkyl halides is 12. The third kappa shape index (κ3) is 2.49. The Morgan fingerprint density at radius 3 is 0.818 bits per heavy atom. The molecule has 0 saturated heterocycles. The van der Waals surface area contributed by atoms with Crippen molar-refractivity contribution >= 4 is 0 Å². The van der Waals surface area contributed by atoms with Crippen molar-refractivity contribution < 1.29 is 62.9 Å². The Kier molecular flexibility index (Phi) is 4.83. The van der Waals surface area contributed by atoms with Gasteiger partial charge in [-0.15, -0.1) is 0 Å². The average molecular weight is 362 g/mol. The van der Waals surface area contributed by atoms with Gasteiger partial charge >= 0.3 is 24.7 Å². The number of halogens is 12. The van der Waals surface area contributed by atoms with Crippen molar-refractivity contribution in [2.45, 2.75) is 37.9 Å². The monoisotopic (exact) mass is 362 g/mol. The van der Waals surface area contributed by atoms with Crippen LogP contribution in [0.25, 0.3) is 0 Å². The molecule has 0 aromatic rings. The fourth-order valence-corrected chi connectivity index (χ4v) is 1.89. The Labute approximate surface area is 113 Å². The number of aliphatic hydroxyl groups excluding tert-OH is 1. The van der Waals surface area contributed by atoms with E-state index in [1.807, 2.05) is 0 Å². The van der Waals surface area contributed by atoms with Crippen LogP contribution in [0.5, 0.6) is 0 Å². The van der Waals surface area contributed by atoms with Crippen molar-refractivity contribution in [3.8, 4) is 0 Å². The molecule has 134 valence electrons. The van der Waals surface area contributed by atoms with Crippen LogP contribution in [0.3, 0.4) is 0 Å². The van der Waals surface area contributed by atoms with Gasteiger partial charge in [0.1, 0.15) is 0 Å². The van der Waals surface area contributed by atoms with Crippen LogP contribution in [-0.4, -0.2) is 41.2 Å². The predicted molar refractivity (Wildman–Crippen MR) is 43.0 cm³/mol. The van der Waals surface area contributed by atoms with Gasteiger partial charge in [0.05, 0.1) is 0 Å². The molecule has 22 heavy (non-hydrogen) atoms. The highest BCUT2D eigenvalue weighted by atomic mass is 19.4. The standard InChI is InChI=1S/C8H6F12O2/c1-3(5(9,10)11,6(12,13)14)4(2(21)22,7(15,16)17)8(18,19)20/h2,21-22H,1H3. The molecule has 14 heteroatoms. The van der Waals surface area contributed by atoms with Crippen LogP contribution in [0.15, 0.2) is 0 Å². The van der Waals surface area contributed by atoms with Crippen LogP contribution < -0.4 is 0 Å². The molecule has 0 aliphatic carbocycles. The van der Waals surface area contributed by atoms with Gasteiger partial charge in [0.15, 0.2) is 11.7 Å². The number of hydrogen-bond acceptors (Lipinski definition) is 2. The second-order valence-corrected chi connectivity index (χ2v) is 4.30. The lowest BCUT2D eigenvalue weighted by Gasteiger charge is -2.51. The van der Waals surface area contributed by atoms with Crippen molar-refractivity contribution in [2.24, 2.45) is 10.8 Å². The minimum Gasteiger partial charge on any atom is -0.367 e. The van der Waals surface area contributed by atoms with Crippen LogP contribution in [0, 0.1) is 10.8 Å². The first-order valence-corrected chi connectivity index (χ1v) is 4.82. The molecule has 0 bridgehead atoms. The van der Waals surface area contributed by atoms with E-state index in [-0.39, 0.29) is 0 Å². The number of rotatable bonds is 2. The van der Waals surface area contributed by atoms with Gasteiger partial charge in [0.2, 0.25) is 5.41 Å². The van der Waals surface area contributed by atoms with Crippen LogP contribution in [0.1, 0.15) is 6.92 Å². The zero-order valence-corrected chi connectivity index (χ0v) is 10.0.